The SMILES string of the molecule is COc1nc2sccn2c1CN1CCc2[nH]c(=S)ncc2C1. The molecule has 0 radical (unpaired) electrons. The average Bonchev–Trinajstić information content (AvgIpc) is 3.09. The van der Waals surface area contributed by atoms with Crippen molar-refractivity contribution in [3.8, 4) is 5.88 Å². The number of hydrogen-bond donors (Lipinski definition) is 1. The number of methoxy groups -OCH3 is 1. The molecule has 0 aliphatic carbocycles. The van der Waals surface area contributed by atoms with E-state index in [0.717, 1.165) is 36.7 Å². The lowest BCUT2D eigenvalue weighted by Gasteiger charge is -2.27. The number of nitrogens with zero attached hydrogens (tertiary/aromatic N) is 4. The van der Waals surface area contributed by atoms with Crippen LogP contribution >= 0.6 is 23.6 Å². The zero-order chi connectivity index (χ0) is 15.1. The van der Waals surface area contributed by atoms with Gasteiger partial charge in [0.25, 0.3) is 0 Å². The van der Waals surface area contributed by atoms with Crippen LogP contribution in [-0.4, -0.2) is 37.9 Å². The molecule has 4 heterocycles. The maximum absolute atomic E-state index is 5.43. The number of thiazole rings is 1. The van der Waals surface area contributed by atoms with Gasteiger partial charge in [-0.1, -0.05) is 0 Å². The number of aromatic amines is 1. The Morgan fingerprint density at radius 1 is 1.50 bits per heavy atom. The molecule has 0 amide bonds. The second kappa shape index (κ2) is 5.45. The summed E-state index contributed by atoms with van der Waals surface area (Å²) in [7, 11) is 1.67. The van der Waals surface area contributed by atoms with Crippen LogP contribution in [-0.2, 0) is 19.5 Å². The van der Waals surface area contributed by atoms with Crippen LogP contribution in [0.15, 0.2) is 17.8 Å². The van der Waals surface area contributed by atoms with Gasteiger partial charge in [-0.2, -0.15) is 4.98 Å². The Kier molecular flexibility index (Phi) is 3.44. The van der Waals surface area contributed by atoms with Crippen molar-refractivity contribution < 1.29 is 4.74 Å². The van der Waals surface area contributed by atoms with Crippen LogP contribution in [0.25, 0.3) is 4.96 Å². The molecule has 0 fully saturated rings. The van der Waals surface area contributed by atoms with E-state index in [9.17, 15) is 0 Å². The highest BCUT2D eigenvalue weighted by Crippen LogP contribution is 2.26. The smallest absolute Gasteiger partial charge is 0.237 e. The molecule has 6 nitrogen and oxygen atoms in total. The van der Waals surface area contributed by atoms with E-state index in [1.807, 2.05) is 17.8 Å². The first-order valence-electron chi connectivity index (χ1n) is 7.02. The highest BCUT2D eigenvalue weighted by Gasteiger charge is 2.21. The molecular weight excluding hydrogens is 318 g/mol. The molecule has 3 aromatic heterocycles. The van der Waals surface area contributed by atoms with Gasteiger partial charge in [0.1, 0.15) is 5.69 Å². The average molecular weight is 333 g/mol. The van der Waals surface area contributed by atoms with E-state index in [0.29, 0.717) is 10.7 Å². The predicted molar refractivity (Wildman–Crippen MR) is 86.9 cm³/mol. The number of H-pyrrole nitrogens is 1. The first kappa shape index (κ1) is 13.9. The van der Waals surface area contributed by atoms with Crippen LogP contribution in [0.2, 0.25) is 0 Å². The van der Waals surface area contributed by atoms with Gasteiger partial charge in [0, 0.05) is 55.1 Å². The fourth-order valence-electron chi connectivity index (χ4n) is 2.87. The monoisotopic (exact) mass is 333 g/mol. The van der Waals surface area contributed by atoms with Crippen LogP contribution in [0, 0.1) is 4.77 Å². The topological polar surface area (TPSA) is 58.5 Å². The number of rotatable bonds is 3. The van der Waals surface area contributed by atoms with Gasteiger partial charge in [-0.15, -0.1) is 11.3 Å². The third kappa shape index (κ3) is 2.33. The van der Waals surface area contributed by atoms with E-state index in [1.54, 1.807) is 18.4 Å². The zero-order valence-electron chi connectivity index (χ0n) is 12.1. The number of ether oxygens (including phenoxy) is 1. The highest BCUT2D eigenvalue weighted by atomic mass is 32.1. The molecule has 114 valence electrons. The largest absolute Gasteiger partial charge is 0.480 e. The number of fused-ring (bicyclic) bond motifs is 2. The summed E-state index contributed by atoms with van der Waals surface area (Å²) in [5, 5.41) is 2.04. The number of nitrogens with one attached hydrogen (secondary N) is 1. The molecule has 0 saturated carbocycles. The van der Waals surface area contributed by atoms with Gasteiger partial charge in [-0.05, 0) is 12.2 Å². The van der Waals surface area contributed by atoms with Crippen LogP contribution in [0.3, 0.4) is 0 Å². The summed E-state index contributed by atoms with van der Waals surface area (Å²) in [6, 6.07) is 0. The summed E-state index contributed by atoms with van der Waals surface area (Å²) in [5.74, 6) is 0.711. The Bertz CT molecular complexity index is 881. The molecule has 4 rings (SSSR count). The molecule has 0 saturated heterocycles. The van der Waals surface area contributed by atoms with Crippen molar-refractivity contribution in [3.63, 3.8) is 0 Å². The number of aromatic nitrogens is 4. The molecule has 1 aliphatic heterocycles. The van der Waals surface area contributed by atoms with Crippen molar-refractivity contribution in [3.05, 3.63) is 39.5 Å². The van der Waals surface area contributed by atoms with Crippen molar-refractivity contribution in [2.24, 2.45) is 0 Å². The fourth-order valence-corrected chi connectivity index (χ4v) is 3.77. The van der Waals surface area contributed by atoms with Crippen LogP contribution in [0.4, 0.5) is 0 Å². The Hall–Kier alpha value is -1.77. The Labute approximate surface area is 136 Å². The van der Waals surface area contributed by atoms with Gasteiger partial charge in [0.05, 0.1) is 7.11 Å². The molecule has 1 aliphatic rings. The van der Waals surface area contributed by atoms with Gasteiger partial charge in [0.2, 0.25) is 5.88 Å². The summed E-state index contributed by atoms with van der Waals surface area (Å²) >= 11 is 6.71. The third-order valence-electron chi connectivity index (χ3n) is 3.95. The molecule has 0 atom stereocenters. The lowest BCUT2D eigenvalue weighted by molar-refractivity contribution is 0.235. The van der Waals surface area contributed by atoms with Crippen LogP contribution in [0.1, 0.15) is 17.0 Å². The number of hydrogen-bond acceptors (Lipinski definition) is 6. The van der Waals surface area contributed by atoms with Gasteiger partial charge >= 0.3 is 0 Å². The maximum Gasteiger partial charge on any atom is 0.237 e. The maximum atomic E-state index is 5.43. The highest BCUT2D eigenvalue weighted by molar-refractivity contribution is 7.71. The molecule has 0 spiro atoms. The summed E-state index contributed by atoms with van der Waals surface area (Å²) in [6.07, 6.45) is 4.88. The minimum Gasteiger partial charge on any atom is -0.480 e. The summed E-state index contributed by atoms with van der Waals surface area (Å²) in [6.45, 7) is 2.63. The van der Waals surface area contributed by atoms with Crippen molar-refractivity contribution in [1.82, 2.24) is 24.3 Å². The zero-order valence-corrected chi connectivity index (χ0v) is 13.7. The van der Waals surface area contributed by atoms with E-state index < -0.39 is 0 Å². The molecule has 0 unspecified atom stereocenters. The number of imidazole rings is 1. The van der Waals surface area contributed by atoms with Gasteiger partial charge < -0.3 is 9.72 Å². The van der Waals surface area contributed by atoms with E-state index in [1.165, 1.54) is 11.3 Å². The third-order valence-corrected chi connectivity index (χ3v) is 4.91. The molecule has 0 bridgehead atoms. The summed E-state index contributed by atoms with van der Waals surface area (Å²) in [5.41, 5.74) is 3.51. The van der Waals surface area contributed by atoms with Gasteiger partial charge in [-0.3, -0.25) is 9.30 Å². The first-order chi connectivity index (χ1) is 10.7. The Morgan fingerprint density at radius 3 is 3.27 bits per heavy atom. The molecule has 8 heteroatoms. The minimum absolute atomic E-state index is 0.560. The van der Waals surface area contributed by atoms with Gasteiger partial charge in [-0.25, -0.2) is 4.98 Å². The normalized spacial score (nSPS) is 15.1. The van der Waals surface area contributed by atoms with Crippen LogP contribution in [0.5, 0.6) is 5.88 Å². The molecule has 22 heavy (non-hydrogen) atoms. The van der Waals surface area contributed by atoms with Crippen molar-refractivity contribution >= 4 is 28.5 Å². The second-order valence-corrected chi connectivity index (χ2v) is 6.54. The Morgan fingerprint density at radius 2 is 2.41 bits per heavy atom. The van der Waals surface area contributed by atoms with Crippen molar-refractivity contribution in [2.45, 2.75) is 19.5 Å². The van der Waals surface area contributed by atoms with Crippen molar-refractivity contribution in [2.75, 3.05) is 13.7 Å². The first-order valence-corrected chi connectivity index (χ1v) is 8.31. The predicted octanol–water partition coefficient (Wildman–Crippen LogP) is 2.42. The van der Waals surface area contributed by atoms with Crippen molar-refractivity contribution in [1.29, 1.82) is 0 Å². The standard InChI is InChI=1S/C14H15N5OS2/c1-20-12-11(19-4-5-22-14(19)17-12)8-18-3-2-10-9(7-18)6-15-13(21)16-10/h4-6H,2-3,7-8H2,1H3,(H,15,16,21). The van der Waals surface area contributed by atoms with E-state index in [4.69, 9.17) is 17.0 Å². The lowest BCUT2D eigenvalue weighted by atomic mass is 10.1. The lowest BCUT2D eigenvalue weighted by Crippen LogP contribution is -2.31. The summed E-state index contributed by atoms with van der Waals surface area (Å²) in [4.78, 5) is 15.2. The molecule has 3 aromatic rings. The van der Waals surface area contributed by atoms with Crippen LogP contribution < -0.4 is 4.74 Å². The minimum atomic E-state index is 0.560. The molecule has 1 N–H and O–H groups in total. The Balaban J connectivity index is 1.62. The quantitative estimate of drug-likeness (QED) is 0.746. The van der Waals surface area contributed by atoms with E-state index in [2.05, 4.69) is 24.3 Å². The fraction of sp³-hybridized carbons (Fsp3) is 0.357. The molecular formula is C14H15N5OS2. The van der Waals surface area contributed by atoms with E-state index in [-0.39, 0.29) is 0 Å². The summed E-state index contributed by atoms with van der Waals surface area (Å²) < 4.78 is 8.10. The molecule has 0 aromatic carbocycles. The van der Waals surface area contributed by atoms with E-state index >= 15 is 0 Å². The second-order valence-electron chi connectivity index (χ2n) is 5.28. The van der Waals surface area contributed by atoms with Gasteiger partial charge in [0.15, 0.2) is 9.73 Å².